The van der Waals surface area contributed by atoms with Crippen molar-refractivity contribution in [2.75, 3.05) is 0 Å². The van der Waals surface area contributed by atoms with Gasteiger partial charge in [-0.2, -0.15) is 0 Å². The number of rotatable bonds is 4. The van der Waals surface area contributed by atoms with Crippen LogP contribution in [0.3, 0.4) is 0 Å². The molecule has 0 bridgehead atoms. The largest absolute Gasteiger partial charge is 0.309 e. The highest BCUT2D eigenvalue weighted by atomic mass is 15.2. The first-order valence-electron chi connectivity index (χ1n) is 21.1. The predicted octanol–water partition coefficient (Wildman–Crippen LogP) is 14.6. The third kappa shape index (κ3) is 4.76. The second kappa shape index (κ2) is 12.6. The topological polar surface area (TPSA) is 35.6 Å². The van der Waals surface area contributed by atoms with E-state index in [0.29, 0.717) is 5.95 Å². The van der Waals surface area contributed by atoms with Crippen molar-refractivity contribution < 1.29 is 0 Å². The summed E-state index contributed by atoms with van der Waals surface area (Å²) in [5.41, 5.74) is 15.8. The van der Waals surface area contributed by atoms with Gasteiger partial charge in [0.2, 0.25) is 5.95 Å². The van der Waals surface area contributed by atoms with Crippen LogP contribution in [-0.4, -0.2) is 19.1 Å². The van der Waals surface area contributed by atoms with E-state index in [1.165, 1.54) is 76.7 Å². The van der Waals surface area contributed by atoms with Gasteiger partial charge in [-0.3, -0.25) is 4.57 Å². The summed E-state index contributed by atoms with van der Waals surface area (Å²) < 4.78 is 4.86. The molecule has 4 nitrogen and oxygen atoms in total. The Bertz CT molecular complexity index is 3720. The SMILES string of the molecule is CC1(C)c2ccccc2-c2ccc3c4c5ccccc5c(-n5c6ccccc6c6ccccc65)cc4n(-c4nc(-c5ccc(-c6ccccc6)cc5)c5ccccc5n4)c3c21. The average molecular weight is 779 g/mol. The molecule has 0 saturated carbocycles. The number of hydrogen-bond donors (Lipinski definition) is 0. The Morgan fingerprint density at radius 2 is 1.00 bits per heavy atom. The maximum absolute atomic E-state index is 5.66. The van der Waals surface area contributed by atoms with Crippen LogP contribution in [0.4, 0.5) is 0 Å². The molecule has 0 aliphatic heterocycles. The molecular formula is C57H38N4. The Hall–Kier alpha value is -7.82. The van der Waals surface area contributed by atoms with Crippen LogP contribution in [0.15, 0.2) is 194 Å². The fourth-order valence-corrected chi connectivity index (χ4v) is 10.6. The summed E-state index contributed by atoms with van der Waals surface area (Å²) in [6.45, 7) is 4.75. The van der Waals surface area contributed by atoms with Crippen LogP contribution < -0.4 is 0 Å². The van der Waals surface area contributed by atoms with Crippen LogP contribution in [0.1, 0.15) is 25.0 Å². The Balaban J connectivity index is 1.19. The lowest BCUT2D eigenvalue weighted by atomic mass is 9.81. The van der Waals surface area contributed by atoms with Crippen molar-refractivity contribution in [1.82, 2.24) is 19.1 Å². The molecule has 4 heteroatoms. The van der Waals surface area contributed by atoms with Gasteiger partial charge in [-0.15, -0.1) is 0 Å². The molecule has 0 radical (unpaired) electrons. The molecule has 3 aromatic heterocycles. The zero-order valence-corrected chi connectivity index (χ0v) is 33.8. The van der Waals surface area contributed by atoms with Gasteiger partial charge >= 0.3 is 0 Å². The zero-order chi connectivity index (χ0) is 40.4. The highest BCUT2D eigenvalue weighted by Crippen LogP contribution is 2.54. The summed E-state index contributed by atoms with van der Waals surface area (Å²) in [6, 6.07) is 70.3. The predicted molar refractivity (Wildman–Crippen MR) is 254 cm³/mol. The molecule has 0 spiro atoms. The van der Waals surface area contributed by atoms with Crippen molar-refractivity contribution in [2.45, 2.75) is 19.3 Å². The minimum absolute atomic E-state index is 0.282. The summed E-state index contributed by atoms with van der Waals surface area (Å²) in [5.74, 6) is 0.657. The van der Waals surface area contributed by atoms with Crippen molar-refractivity contribution in [3.8, 4) is 45.1 Å². The van der Waals surface area contributed by atoms with Gasteiger partial charge in [0.1, 0.15) is 0 Å². The molecule has 0 atom stereocenters. The third-order valence-electron chi connectivity index (χ3n) is 13.3. The van der Waals surface area contributed by atoms with E-state index in [1.54, 1.807) is 0 Å². The number of aromatic nitrogens is 4. The van der Waals surface area contributed by atoms with Crippen molar-refractivity contribution in [1.29, 1.82) is 0 Å². The number of para-hydroxylation sites is 3. The van der Waals surface area contributed by atoms with Crippen LogP contribution in [0.25, 0.3) is 110 Å². The highest BCUT2D eigenvalue weighted by Gasteiger charge is 2.39. The fraction of sp³-hybridized carbons (Fsp3) is 0.0526. The molecule has 3 heterocycles. The van der Waals surface area contributed by atoms with Crippen LogP contribution >= 0.6 is 0 Å². The molecule has 286 valence electrons. The van der Waals surface area contributed by atoms with E-state index < -0.39 is 0 Å². The molecule has 9 aromatic carbocycles. The van der Waals surface area contributed by atoms with Crippen LogP contribution in [0, 0.1) is 0 Å². The van der Waals surface area contributed by atoms with Gasteiger partial charge in [-0.05, 0) is 63.0 Å². The lowest BCUT2D eigenvalue weighted by Gasteiger charge is -2.23. The maximum Gasteiger partial charge on any atom is 0.235 e. The van der Waals surface area contributed by atoms with Crippen molar-refractivity contribution in [2.24, 2.45) is 0 Å². The highest BCUT2D eigenvalue weighted by molar-refractivity contribution is 6.25. The maximum atomic E-state index is 5.66. The summed E-state index contributed by atoms with van der Waals surface area (Å²) in [4.78, 5) is 11.2. The van der Waals surface area contributed by atoms with E-state index in [4.69, 9.17) is 9.97 Å². The fourth-order valence-electron chi connectivity index (χ4n) is 10.6. The van der Waals surface area contributed by atoms with Gasteiger partial charge < -0.3 is 4.57 Å². The van der Waals surface area contributed by atoms with Crippen LogP contribution in [0.5, 0.6) is 0 Å². The number of fused-ring (bicyclic) bond motifs is 13. The van der Waals surface area contributed by atoms with Crippen LogP contribution in [-0.2, 0) is 5.41 Å². The molecule has 0 unspecified atom stereocenters. The number of nitrogens with zero attached hydrogens (tertiary/aromatic N) is 4. The quantitative estimate of drug-likeness (QED) is 0.178. The first-order chi connectivity index (χ1) is 30.0. The molecular weight excluding hydrogens is 741 g/mol. The van der Waals surface area contributed by atoms with Gasteiger partial charge in [0.15, 0.2) is 0 Å². The van der Waals surface area contributed by atoms with Gasteiger partial charge in [0, 0.05) is 43.3 Å². The average Bonchev–Trinajstić information content (AvgIpc) is 3.91. The van der Waals surface area contributed by atoms with Crippen LogP contribution in [0.2, 0.25) is 0 Å². The van der Waals surface area contributed by atoms with Gasteiger partial charge in [-0.1, -0.05) is 184 Å². The van der Waals surface area contributed by atoms with E-state index in [9.17, 15) is 0 Å². The Morgan fingerprint density at radius 1 is 0.410 bits per heavy atom. The molecule has 12 aromatic rings. The Morgan fingerprint density at radius 3 is 1.75 bits per heavy atom. The first kappa shape index (κ1) is 34.1. The molecule has 1 aliphatic carbocycles. The minimum atomic E-state index is -0.282. The Labute approximate surface area is 352 Å². The van der Waals surface area contributed by atoms with Crippen molar-refractivity contribution in [3.05, 3.63) is 205 Å². The van der Waals surface area contributed by atoms with E-state index >= 15 is 0 Å². The smallest absolute Gasteiger partial charge is 0.235 e. The second-order valence-corrected chi connectivity index (χ2v) is 16.9. The summed E-state index contributed by atoms with van der Waals surface area (Å²) >= 11 is 0. The summed E-state index contributed by atoms with van der Waals surface area (Å²) in [5, 5.41) is 8.30. The number of benzene rings is 9. The molecule has 0 N–H and O–H groups in total. The molecule has 1 aliphatic rings. The summed E-state index contributed by atoms with van der Waals surface area (Å²) in [6.07, 6.45) is 0. The second-order valence-electron chi connectivity index (χ2n) is 16.9. The Kier molecular flexibility index (Phi) is 7.04. The lowest BCUT2D eigenvalue weighted by molar-refractivity contribution is 0.663. The van der Waals surface area contributed by atoms with Gasteiger partial charge in [0.25, 0.3) is 0 Å². The molecule has 61 heavy (non-hydrogen) atoms. The molecule has 0 saturated heterocycles. The van der Waals surface area contributed by atoms with Crippen molar-refractivity contribution >= 4 is 65.3 Å². The molecule has 0 amide bonds. The lowest BCUT2D eigenvalue weighted by Crippen LogP contribution is -2.17. The standard InChI is InChI=1S/C57H38N4/c1-57(2)46-24-12-8-18-38(46)43-32-33-45-52-42-22-7-6-21-41(42)50(60-48-26-14-10-19-39(48)40-20-11-15-27-49(40)60)34-51(52)61(55(45)53(43)57)56-58-47-25-13-9-23-44(47)54(59-56)37-30-28-36(29-31-37)35-16-4-3-5-17-35/h3-34H,1-2H3. The van der Waals surface area contributed by atoms with E-state index in [2.05, 4.69) is 217 Å². The van der Waals surface area contributed by atoms with E-state index in [-0.39, 0.29) is 5.41 Å². The normalized spacial score (nSPS) is 13.2. The minimum Gasteiger partial charge on any atom is -0.309 e. The summed E-state index contributed by atoms with van der Waals surface area (Å²) in [7, 11) is 0. The zero-order valence-electron chi connectivity index (χ0n) is 33.8. The van der Waals surface area contributed by atoms with E-state index in [0.717, 1.165) is 38.9 Å². The van der Waals surface area contributed by atoms with Crippen molar-refractivity contribution in [3.63, 3.8) is 0 Å². The van der Waals surface area contributed by atoms with Gasteiger partial charge in [-0.25, -0.2) is 9.97 Å². The monoisotopic (exact) mass is 778 g/mol. The van der Waals surface area contributed by atoms with Gasteiger partial charge in [0.05, 0.1) is 39.0 Å². The first-order valence-corrected chi connectivity index (χ1v) is 21.1. The molecule has 0 fully saturated rings. The number of hydrogen-bond acceptors (Lipinski definition) is 2. The third-order valence-corrected chi connectivity index (χ3v) is 13.3. The van der Waals surface area contributed by atoms with E-state index in [1.807, 2.05) is 0 Å². The molecule has 13 rings (SSSR count).